The minimum Gasteiger partial charge on any atom is -0.492 e. The highest BCUT2D eigenvalue weighted by molar-refractivity contribution is 6.30. The molecule has 7 heteroatoms. The molecule has 0 atom stereocenters. The van der Waals surface area contributed by atoms with E-state index in [-0.39, 0.29) is 24.9 Å². The van der Waals surface area contributed by atoms with Crippen molar-refractivity contribution in [3.8, 4) is 5.75 Å². The van der Waals surface area contributed by atoms with E-state index in [9.17, 15) is 4.79 Å². The van der Waals surface area contributed by atoms with Crippen LogP contribution in [0.1, 0.15) is 16.1 Å². The Kier molecular flexibility index (Phi) is 7.24. The molecule has 22 heavy (non-hydrogen) atoms. The highest BCUT2D eigenvalue weighted by Crippen LogP contribution is 2.15. The van der Waals surface area contributed by atoms with Crippen LogP contribution < -0.4 is 10.5 Å². The number of hydrogen-bond donors (Lipinski definition) is 1. The summed E-state index contributed by atoms with van der Waals surface area (Å²) in [6.45, 7) is 1.13. The first-order valence-electron chi connectivity index (χ1n) is 6.51. The molecular formula is C15H18Cl2N2O3. The van der Waals surface area contributed by atoms with Gasteiger partial charge in [-0.15, -0.1) is 12.4 Å². The number of nitrogens with two attached hydrogens (primary N) is 1. The summed E-state index contributed by atoms with van der Waals surface area (Å²) in [5, 5.41) is 0.658. The van der Waals surface area contributed by atoms with E-state index < -0.39 is 0 Å². The number of rotatable bonds is 6. The van der Waals surface area contributed by atoms with Crippen molar-refractivity contribution in [3.63, 3.8) is 0 Å². The summed E-state index contributed by atoms with van der Waals surface area (Å²) in [5.41, 5.74) is 5.94. The van der Waals surface area contributed by atoms with Gasteiger partial charge in [-0.3, -0.25) is 4.79 Å². The van der Waals surface area contributed by atoms with Gasteiger partial charge in [0.15, 0.2) is 0 Å². The molecule has 0 saturated carbocycles. The van der Waals surface area contributed by atoms with E-state index in [1.54, 1.807) is 42.3 Å². The van der Waals surface area contributed by atoms with E-state index >= 15 is 0 Å². The molecule has 0 aliphatic heterocycles. The van der Waals surface area contributed by atoms with Crippen LogP contribution in [0.15, 0.2) is 41.0 Å². The van der Waals surface area contributed by atoms with Crippen LogP contribution in [-0.4, -0.2) is 31.0 Å². The van der Waals surface area contributed by atoms with Crippen LogP contribution in [0, 0.1) is 0 Å². The lowest BCUT2D eigenvalue weighted by atomic mass is 10.2. The van der Waals surface area contributed by atoms with Crippen LogP contribution in [0.25, 0.3) is 0 Å². The van der Waals surface area contributed by atoms with Gasteiger partial charge in [-0.05, 0) is 30.3 Å². The van der Waals surface area contributed by atoms with Crippen molar-refractivity contribution in [1.29, 1.82) is 0 Å². The lowest BCUT2D eigenvalue weighted by molar-refractivity contribution is 0.0773. The Hall–Kier alpha value is -1.69. The average Bonchev–Trinajstić information content (AvgIpc) is 2.97. The predicted octanol–water partition coefficient (Wildman–Crippen LogP) is 2.96. The number of nitrogens with zero attached hydrogens (tertiary/aromatic N) is 1. The van der Waals surface area contributed by atoms with Crippen LogP contribution in [0.5, 0.6) is 5.75 Å². The highest BCUT2D eigenvalue weighted by Gasteiger charge is 2.14. The van der Waals surface area contributed by atoms with Gasteiger partial charge in [-0.25, -0.2) is 0 Å². The van der Waals surface area contributed by atoms with E-state index in [0.717, 1.165) is 0 Å². The Balaban J connectivity index is 0.00000242. The van der Waals surface area contributed by atoms with Gasteiger partial charge in [0.2, 0.25) is 0 Å². The summed E-state index contributed by atoms with van der Waals surface area (Å²) in [4.78, 5) is 13.7. The Morgan fingerprint density at radius 1 is 1.36 bits per heavy atom. The zero-order valence-corrected chi connectivity index (χ0v) is 13.7. The van der Waals surface area contributed by atoms with Crippen molar-refractivity contribution in [1.82, 2.24) is 4.90 Å². The monoisotopic (exact) mass is 344 g/mol. The van der Waals surface area contributed by atoms with Gasteiger partial charge in [-0.2, -0.15) is 0 Å². The molecule has 0 aliphatic rings. The standard InChI is InChI=1S/C15H17ClN2O3.ClH/c1-18(15(19)11-8-14(9-17)21-10-11)6-7-20-13-4-2-12(16)3-5-13;/h2-5,8,10H,6-7,9,17H2,1H3;1H. The van der Waals surface area contributed by atoms with Gasteiger partial charge in [-0.1, -0.05) is 11.6 Å². The second-order valence-corrected chi connectivity index (χ2v) is 4.97. The zero-order valence-electron chi connectivity index (χ0n) is 12.1. The molecule has 5 nitrogen and oxygen atoms in total. The topological polar surface area (TPSA) is 68.7 Å². The third-order valence-electron chi connectivity index (χ3n) is 2.96. The summed E-state index contributed by atoms with van der Waals surface area (Å²) in [7, 11) is 1.71. The third-order valence-corrected chi connectivity index (χ3v) is 3.21. The fourth-order valence-corrected chi connectivity index (χ4v) is 1.88. The van der Waals surface area contributed by atoms with Crippen LogP contribution in [-0.2, 0) is 6.54 Å². The maximum atomic E-state index is 12.1. The van der Waals surface area contributed by atoms with Crippen LogP contribution in [0.4, 0.5) is 0 Å². The number of benzene rings is 1. The number of carbonyl (C=O) groups excluding carboxylic acids is 1. The van der Waals surface area contributed by atoms with Gasteiger partial charge in [0.05, 0.1) is 18.7 Å². The molecule has 2 rings (SSSR count). The molecule has 0 bridgehead atoms. The molecule has 1 heterocycles. The lowest BCUT2D eigenvalue weighted by Crippen LogP contribution is -2.30. The van der Waals surface area contributed by atoms with Gasteiger partial charge < -0.3 is 19.8 Å². The molecule has 1 aromatic heterocycles. The van der Waals surface area contributed by atoms with Gasteiger partial charge in [0, 0.05) is 12.1 Å². The third kappa shape index (κ3) is 4.94. The number of carbonyl (C=O) groups is 1. The summed E-state index contributed by atoms with van der Waals surface area (Å²) in [5.74, 6) is 1.18. The molecule has 0 saturated heterocycles. The van der Waals surface area contributed by atoms with E-state index in [0.29, 0.717) is 35.2 Å². The minimum atomic E-state index is -0.127. The molecular weight excluding hydrogens is 327 g/mol. The SMILES string of the molecule is CN(CCOc1ccc(Cl)cc1)C(=O)c1coc(CN)c1.Cl. The fraction of sp³-hybridized carbons (Fsp3) is 0.267. The van der Waals surface area contributed by atoms with Crippen molar-refractivity contribution >= 4 is 29.9 Å². The van der Waals surface area contributed by atoms with E-state index in [1.807, 2.05) is 0 Å². The first-order chi connectivity index (χ1) is 10.1. The fourth-order valence-electron chi connectivity index (χ4n) is 1.75. The van der Waals surface area contributed by atoms with Gasteiger partial charge >= 0.3 is 0 Å². The highest BCUT2D eigenvalue weighted by atomic mass is 35.5. The molecule has 2 aromatic rings. The number of likely N-dealkylation sites (N-methyl/N-ethyl adjacent to an activating group) is 1. The molecule has 1 aromatic carbocycles. The Morgan fingerprint density at radius 2 is 2.05 bits per heavy atom. The molecule has 120 valence electrons. The number of ether oxygens (including phenoxy) is 1. The lowest BCUT2D eigenvalue weighted by Gasteiger charge is -2.16. The first kappa shape index (κ1) is 18.4. The smallest absolute Gasteiger partial charge is 0.256 e. The quantitative estimate of drug-likeness (QED) is 0.874. The molecule has 0 aliphatic carbocycles. The summed E-state index contributed by atoms with van der Waals surface area (Å²) in [6.07, 6.45) is 1.42. The van der Waals surface area contributed by atoms with Crippen molar-refractivity contribution in [2.45, 2.75) is 6.54 Å². The van der Waals surface area contributed by atoms with Crippen molar-refractivity contribution in [2.24, 2.45) is 5.73 Å². The van der Waals surface area contributed by atoms with Crippen LogP contribution >= 0.6 is 24.0 Å². The molecule has 0 spiro atoms. The summed E-state index contributed by atoms with van der Waals surface area (Å²) >= 11 is 5.79. The van der Waals surface area contributed by atoms with Gasteiger partial charge in [0.25, 0.3) is 5.91 Å². The summed E-state index contributed by atoms with van der Waals surface area (Å²) in [6, 6.07) is 8.73. The first-order valence-corrected chi connectivity index (χ1v) is 6.89. The van der Waals surface area contributed by atoms with Crippen molar-refractivity contribution in [2.75, 3.05) is 20.2 Å². The van der Waals surface area contributed by atoms with E-state index in [4.69, 9.17) is 26.5 Å². The Morgan fingerprint density at radius 3 is 2.64 bits per heavy atom. The minimum absolute atomic E-state index is 0. The molecule has 0 radical (unpaired) electrons. The number of amides is 1. The normalized spacial score (nSPS) is 9.95. The maximum absolute atomic E-state index is 12.1. The van der Waals surface area contributed by atoms with E-state index in [1.165, 1.54) is 6.26 Å². The van der Waals surface area contributed by atoms with Crippen molar-refractivity contribution in [3.05, 3.63) is 52.9 Å². The predicted molar refractivity (Wildman–Crippen MR) is 87.8 cm³/mol. The van der Waals surface area contributed by atoms with E-state index in [2.05, 4.69) is 0 Å². The number of halogens is 2. The second kappa shape index (κ2) is 8.68. The molecule has 1 amide bonds. The second-order valence-electron chi connectivity index (χ2n) is 4.53. The van der Waals surface area contributed by atoms with Crippen molar-refractivity contribution < 1.29 is 13.9 Å². The Labute approximate surface area is 140 Å². The molecule has 0 fully saturated rings. The number of hydrogen-bond acceptors (Lipinski definition) is 4. The largest absolute Gasteiger partial charge is 0.492 e. The molecule has 0 unspecified atom stereocenters. The number of furan rings is 1. The molecule has 2 N–H and O–H groups in total. The van der Waals surface area contributed by atoms with Gasteiger partial charge in [0.1, 0.15) is 24.4 Å². The summed E-state index contributed by atoms with van der Waals surface area (Å²) < 4.78 is 10.7. The van der Waals surface area contributed by atoms with Crippen LogP contribution in [0.3, 0.4) is 0 Å². The average molecular weight is 345 g/mol. The zero-order chi connectivity index (χ0) is 15.2. The Bertz CT molecular complexity index is 599. The van der Waals surface area contributed by atoms with Crippen LogP contribution in [0.2, 0.25) is 5.02 Å². The maximum Gasteiger partial charge on any atom is 0.256 e.